The molecule has 0 spiro atoms. The third-order valence-electron chi connectivity index (χ3n) is 4.14. The number of methoxy groups -OCH3 is 1. The quantitative estimate of drug-likeness (QED) is 0.630. The number of nitrogens with zero attached hydrogens (tertiary/aromatic N) is 2. The summed E-state index contributed by atoms with van der Waals surface area (Å²) in [7, 11) is 1.64. The summed E-state index contributed by atoms with van der Waals surface area (Å²) in [6.07, 6.45) is 6.34. The second-order valence-corrected chi connectivity index (χ2v) is 6.01. The van der Waals surface area contributed by atoms with Crippen LogP contribution in [0.2, 0.25) is 0 Å². The van der Waals surface area contributed by atoms with E-state index in [1.807, 2.05) is 59.3 Å². The Morgan fingerprint density at radius 2 is 1.89 bits per heavy atom. The molecule has 1 aromatic heterocycles. The van der Waals surface area contributed by atoms with E-state index in [1.54, 1.807) is 19.6 Å². The van der Waals surface area contributed by atoms with Gasteiger partial charge in [-0.15, -0.1) is 0 Å². The minimum atomic E-state index is -0.0634. The average molecular weight is 365 g/mol. The van der Waals surface area contributed by atoms with Gasteiger partial charge < -0.3 is 19.4 Å². The van der Waals surface area contributed by atoms with Crippen molar-refractivity contribution in [2.24, 2.45) is 0 Å². The molecular formula is C21H23N3O3. The number of ether oxygens (including phenoxy) is 2. The number of carbonyl (C=O) groups is 1. The van der Waals surface area contributed by atoms with Gasteiger partial charge in [0.05, 0.1) is 25.7 Å². The molecule has 0 saturated carbocycles. The van der Waals surface area contributed by atoms with Crippen LogP contribution >= 0.6 is 0 Å². The van der Waals surface area contributed by atoms with Crippen molar-refractivity contribution in [2.75, 3.05) is 19.0 Å². The molecule has 3 rings (SSSR count). The topological polar surface area (TPSA) is 65.4 Å². The minimum absolute atomic E-state index is 0.0634. The lowest BCUT2D eigenvalue weighted by Gasteiger charge is -2.13. The van der Waals surface area contributed by atoms with Gasteiger partial charge in [0.1, 0.15) is 18.1 Å². The number of hydrogen-bond acceptors (Lipinski definition) is 4. The van der Waals surface area contributed by atoms with Crippen LogP contribution in [0.5, 0.6) is 11.5 Å². The maximum absolute atomic E-state index is 12.4. The number of hydrogen-bond donors (Lipinski definition) is 1. The highest BCUT2D eigenvalue weighted by Crippen LogP contribution is 2.24. The van der Waals surface area contributed by atoms with E-state index in [9.17, 15) is 4.79 Å². The molecule has 0 saturated heterocycles. The van der Waals surface area contributed by atoms with Gasteiger partial charge >= 0.3 is 0 Å². The second-order valence-electron chi connectivity index (χ2n) is 6.01. The molecule has 0 fully saturated rings. The Morgan fingerprint density at radius 3 is 2.67 bits per heavy atom. The number of benzene rings is 2. The largest absolute Gasteiger partial charge is 0.496 e. The predicted molar refractivity (Wildman–Crippen MR) is 104 cm³/mol. The number of aromatic nitrogens is 2. The van der Waals surface area contributed by atoms with E-state index in [-0.39, 0.29) is 5.91 Å². The predicted octanol–water partition coefficient (Wildman–Crippen LogP) is 3.54. The number of amides is 1. The van der Waals surface area contributed by atoms with E-state index >= 15 is 0 Å². The van der Waals surface area contributed by atoms with Gasteiger partial charge in [-0.25, -0.2) is 4.98 Å². The molecule has 0 atom stereocenters. The van der Waals surface area contributed by atoms with Crippen LogP contribution in [0.4, 0.5) is 5.69 Å². The van der Waals surface area contributed by atoms with Gasteiger partial charge in [0, 0.05) is 18.8 Å². The van der Waals surface area contributed by atoms with Crippen molar-refractivity contribution in [3.63, 3.8) is 0 Å². The second kappa shape index (κ2) is 9.43. The molecule has 0 aliphatic heterocycles. The lowest BCUT2D eigenvalue weighted by Crippen LogP contribution is -2.14. The molecule has 1 amide bonds. The highest BCUT2D eigenvalue weighted by atomic mass is 16.5. The maximum Gasteiger partial charge on any atom is 0.224 e. The maximum atomic E-state index is 12.4. The molecule has 3 aromatic rings. The van der Waals surface area contributed by atoms with Crippen molar-refractivity contribution >= 4 is 11.6 Å². The Balaban J connectivity index is 1.54. The number of rotatable bonds is 9. The fraction of sp³-hybridized carbons (Fsp3) is 0.238. The summed E-state index contributed by atoms with van der Waals surface area (Å²) < 4.78 is 13.1. The summed E-state index contributed by atoms with van der Waals surface area (Å²) in [4.78, 5) is 16.4. The number of anilines is 1. The molecule has 6 heteroatoms. The van der Waals surface area contributed by atoms with E-state index in [0.29, 0.717) is 37.4 Å². The van der Waals surface area contributed by atoms with Crippen molar-refractivity contribution in [3.05, 3.63) is 72.8 Å². The molecule has 2 aromatic carbocycles. The van der Waals surface area contributed by atoms with Crippen molar-refractivity contribution < 1.29 is 14.3 Å². The number of carbonyl (C=O) groups excluding carboxylic acids is 1. The lowest BCUT2D eigenvalue weighted by molar-refractivity contribution is -0.116. The SMILES string of the molecule is COc1ccccc1CCC(=O)Nc1ccccc1OCCn1ccnc1. The van der Waals surface area contributed by atoms with Crippen LogP contribution in [0.15, 0.2) is 67.3 Å². The van der Waals surface area contributed by atoms with Crippen LogP contribution in [0, 0.1) is 0 Å². The Morgan fingerprint density at radius 1 is 1.11 bits per heavy atom. The van der Waals surface area contributed by atoms with Gasteiger partial charge in [0.15, 0.2) is 0 Å². The van der Waals surface area contributed by atoms with Gasteiger partial charge in [-0.2, -0.15) is 0 Å². The zero-order valence-corrected chi connectivity index (χ0v) is 15.3. The Bertz CT molecular complexity index is 863. The monoisotopic (exact) mass is 365 g/mol. The highest BCUT2D eigenvalue weighted by molar-refractivity contribution is 5.92. The molecule has 140 valence electrons. The number of nitrogens with one attached hydrogen (secondary N) is 1. The molecule has 0 radical (unpaired) electrons. The molecule has 0 bridgehead atoms. The highest BCUT2D eigenvalue weighted by Gasteiger charge is 2.09. The van der Waals surface area contributed by atoms with Crippen LogP contribution in [0.25, 0.3) is 0 Å². The zero-order chi connectivity index (χ0) is 18.9. The molecule has 1 N–H and O–H groups in total. The van der Waals surface area contributed by atoms with E-state index in [4.69, 9.17) is 9.47 Å². The fourth-order valence-corrected chi connectivity index (χ4v) is 2.75. The Labute approximate surface area is 158 Å². The van der Waals surface area contributed by atoms with Crippen LogP contribution in [0.1, 0.15) is 12.0 Å². The summed E-state index contributed by atoms with van der Waals surface area (Å²) in [5, 5.41) is 2.94. The van der Waals surface area contributed by atoms with E-state index in [2.05, 4.69) is 10.3 Å². The van der Waals surface area contributed by atoms with Gasteiger partial charge in [0.2, 0.25) is 5.91 Å². The van der Waals surface area contributed by atoms with Crippen LogP contribution in [-0.4, -0.2) is 29.2 Å². The first-order valence-electron chi connectivity index (χ1n) is 8.85. The van der Waals surface area contributed by atoms with Crippen molar-refractivity contribution in [3.8, 4) is 11.5 Å². The van der Waals surface area contributed by atoms with Crippen molar-refractivity contribution in [1.82, 2.24) is 9.55 Å². The molecule has 0 aliphatic rings. The van der Waals surface area contributed by atoms with E-state index in [0.717, 1.165) is 11.3 Å². The minimum Gasteiger partial charge on any atom is -0.496 e. The van der Waals surface area contributed by atoms with Gasteiger partial charge in [-0.1, -0.05) is 30.3 Å². The number of imidazole rings is 1. The first-order valence-corrected chi connectivity index (χ1v) is 8.85. The van der Waals surface area contributed by atoms with E-state index < -0.39 is 0 Å². The van der Waals surface area contributed by atoms with Crippen LogP contribution in [-0.2, 0) is 17.8 Å². The molecule has 0 unspecified atom stereocenters. The summed E-state index contributed by atoms with van der Waals surface area (Å²) in [6, 6.07) is 15.2. The van der Waals surface area contributed by atoms with Crippen molar-refractivity contribution in [1.29, 1.82) is 0 Å². The summed E-state index contributed by atoms with van der Waals surface area (Å²) >= 11 is 0. The van der Waals surface area contributed by atoms with Crippen LogP contribution < -0.4 is 14.8 Å². The molecule has 6 nitrogen and oxygen atoms in total. The Hall–Kier alpha value is -3.28. The molecular weight excluding hydrogens is 342 g/mol. The number of para-hydroxylation sites is 3. The fourth-order valence-electron chi connectivity index (χ4n) is 2.75. The molecule has 0 aliphatic carbocycles. The standard InChI is InChI=1S/C21H23N3O3/c1-26-19-8-4-2-6-17(19)10-11-21(25)23-18-7-3-5-9-20(18)27-15-14-24-13-12-22-16-24/h2-9,12-13,16H,10-11,14-15H2,1H3,(H,23,25). The molecule has 27 heavy (non-hydrogen) atoms. The van der Waals surface area contributed by atoms with Crippen molar-refractivity contribution in [2.45, 2.75) is 19.4 Å². The zero-order valence-electron chi connectivity index (χ0n) is 15.3. The van der Waals surface area contributed by atoms with Gasteiger partial charge in [-0.05, 0) is 30.2 Å². The van der Waals surface area contributed by atoms with Gasteiger partial charge in [-0.3, -0.25) is 4.79 Å². The summed E-state index contributed by atoms with van der Waals surface area (Å²) in [5.41, 5.74) is 1.69. The molecule has 1 heterocycles. The summed E-state index contributed by atoms with van der Waals surface area (Å²) in [6.45, 7) is 1.18. The first-order chi connectivity index (χ1) is 13.3. The lowest BCUT2D eigenvalue weighted by atomic mass is 10.1. The Kier molecular flexibility index (Phi) is 6.46. The third-order valence-corrected chi connectivity index (χ3v) is 4.14. The first kappa shape index (κ1) is 18.5. The summed E-state index contributed by atoms with van der Waals surface area (Å²) in [5.74, 6) is 1.39. The smallest absolute Gasteiger partial charge is 0.224 e. The van der Waals surface area contributed by atoms with Gasteiger partial charge in [0.25, 0.3) is 0 Å². The number of aryl methyl sites for hydroxylation is 1. The average Bonchev–Trinajstić information content (AvgIpc) is 3.21. The normalized spacial score (nSPS) is 10.4. The van der Waals surface area contributed by atoms with Crippen LogP contribution in [0.3, 0.4) is 0 Å². The third kappa shape index (κ3) is 5.34. The van der Waals surface area contributed by atoms with E-state index in [1.165, 1.54) is 0 Å².